The summed E-state index contributed by atoms with van der Waals surface area (Å²) in [5.74, 6) is -0.00607. The average Bonchev–Trinajstić information content (AvgIpc) is 3.39. The van der Waals surface area contributed by atoms with Crippen molar-refractivity contribution in [2.24, 2.45) is 0 Å². The summed E-state index contributed by atoms with van der Waals surface area (Å²) in [7, 11) is -1.03. The summed E-state index contributed by atoms with van der Waals surface area (Å²) < 4.78 is 34.5. The number of nitrogens with zero attached hydrogens (tertiary/aromatic N) is 5. The summed E-state index contributed by atoms with van der Waals surface area (Å²) in [5.41, 5.74) is 2.55. The van der Waals surface area contributed by atoms with Crippen molar-refractivity contribution in [3.8, 4) is 11.4 Å². The monoisotopic (exact) mass is 478 g/mol. The molecule has 10 nitrogen and oxygen atoms in total. The molecule has 1 amide bonds. The summed E-state index contributed by atoms with van der Waals surface area (Å²) in [5, 5.41) is 13.8. The number of carbonyl (C=O) groups is 1. The number of hydrogen-bond donors (Lipinski definition) is 1. The highest BCUT2D eigenvalue weighted by atomic mass is 32.2. The lowest BCUT2D eigenvalue weighted by molar-refractivity contribution is 0.102. The lowest BCUT2D eigenvalue weighted by Crippen LogP contribution is -2.27. The van der Waals surface area contributed by atoms with Crippen LogP contribution in [0.1, 0.15) is 15.9 Å². The second-order valence-electron chi connectivity index (χ2n) is 7.38. The number of sulfonamides is 1. The van der Waals surface area contributed by atoms with E-state index in [9.17, 15) is 13.2 Å². The highest BCUT2D eigenvalue weighted by molar-refractivity contribution is 7.92. The van der Waals surface area contributed by atoms with Crippen LogP contribution in [0.5, 0.6) is 5.75 Å². The van der Waals surface area contributed by atoms with E-state index in [1.54, 1.807) is 61.5 Å². The van der Waals surface area contributed by atoms with E-state index in [2.05, 4.69) is 20.8 Å². The fraction of sp³-hybridized carbons (Fsp3) is 0.130. The van der Waals surface area contributed by atoms with Crippen LogP contribution < -0.4 is 14.4 Å². The Bertz CT molecular complexity index is 1420. The number of ether oxygens (including phenoxy) is 1. The largest absolute Gasteiger partial charge is 0.495 e. The fourth-order valence-corrected chi connectivity index (χ4v) is 4.59. The van der Waals surface area contributed by atoms with Gasteiger partial charge in [-0.15, -0.1) is 5.10 Å². The number of amides is 1. The molecule has 4 aromatic rings. The number of tetrazole rings is 1. The lowest BCUT2D eigenvalue weighted by Gasteiger charge is -2.22. The molecule has 1 heterocycles. The zero-order valence-corrected chi connectivity index (χ0v) is 19.5. The van der Waals surface area contributed by atoms with Crippen molar-refractivity contribution >= 4 is 27.3 Å². The van der Waals surface area contributed by atoms with Crippen LogP contribution >= 0.6 is 0 Å². The molecule has 3 aromatic carbocycles. The molecule has 0 aliphatic heterocycles. The lowest BCUT2D eigenvalue weighted by atomic mass is 10.1. The number of nitrogens with one attached hydrogen (secondary N) is 1. The first kappa shape index (κ1) is 22.9. The molecule has 0 spiro atoms. The molecular weight excluding hydrogens is 456 g/mol. The Morgan fingerprint density at radius 3 is 2.47 bits per heavy atom. The van der Waals surface area contributed by atoms with E-state index < -0.39 is 15.9 Å². The van der Waals surface area contributed by atoms with E-state index in [-0.39, 0.29) is 10.5 Å². The Morgan fingerprint density at radius 1 is 1.06 bits per heavy atom. The first-order chi connectivity index (χ1) is 16.3. The maximum Gasteiger partial charge on any atom is 0.264 e. The highest BCUT2D eigenvalue weighted by Gasteiger charge is 2.25. The summed E-state index contributed by atoms with van der Waals surface area (Å²) in [6, 6.07) is 18.2. The smallest absolute Gasteiger partial charge is 0.264 e. The minimum Gasteiger partial charge on any atom is -0.495 e. The van der Waals surface area contributed by atoms with Gasteiger partial charge in [0.15, 0.2) is 0 Å². The van der Waals surface area contributed by atoms with Crippen molar-refractivity contribution in [3.63, 3.8) is 0 Å². The van der Waals surface area contributed by atoms with Gasteiger partial charge >= 0.3 is 0 Å². The van der Waals surface area contributed by atoms with Crippen LogP contribution in [0.3, 0.4) is 0 Å². The number of para-hydroxylation sites is 2. The van der Waals surface area contributed by atoms with Gasteiger partial charge in [0, 0.05) is 18.3 Å². The number of anilines is 2. The number of rotatable bonds is 7. The Morgan fingerprint density at radius 2 is 1.79 bits per heavy atom. The second-order valence-corrected chi connectivity index (χ2v) is 9.35. The van der Waals surface area contributed by atoms with E-state index in [1.165, 1.54) is 37.3 Å². The van der Waals surface area contributed by atoms with Crippen molar-refractivity contribution in [1.29, 1.82) is 0 Å². The molecule has 0 saturated heterocycles. The third-order valence-electron chi connectivity index (χ3n) is 5.28. The molecule has 0 aliphatic rings. The Labute approximate surface area is 196 Å². The normalized spacial score (nSPS) is 11.1. The van der Waals surface area contributed by atoms with Crippen molar-refractivity contribution < 1.29 is 17.9 Å². The van der Waals surface area contributed by atoms with Crippen molar-refractivity contribution in [3.05, 3.63) is 84.2 Å². The minimum atomic E-state index is -3.95. The van der Waals surface area contributed by atoms with Crippen molar-refractivity contribution in [2.75, 3.05) is 23.8 Å². The van der Waals surface area contributed by atoms with Crippen LogP contribution in [0.15, 0.2) is 78.0 Å². The van der Waals surface area contributed by atoms with Gasteiger partial charge in [0.25, 0.3) is 15.9 Å². The molecule has 0 unspecified atom stereocenters. The van der Waals surface area contributed by atoms with Crippen molar-refractivity contribution in [2.45, 2.75) is 11.8 Å². The molecule has 0 aliphatic carbocycles. The Balaban J connectivity index is 1.59. The van der Waals surface area contributed by atoms with Crippen LogP contribution in [0.4, 0.5) is 11.4 Å². The summed E-state index contributed by atoms with van der Waals surface area (Å²) in [6.07, 6.45) is 1.46. The van der Waals surface area contributed by atoms with Gasteiger partial charge in [0.05, 0.1) is 23.4 Å². The van der Waals surface area contributed by atoms with Gasteiger partial charge in [-0.2, -0.15) is 0 Å². The summed E-state index contributed by atoms with van der Waals surface area (Å²) in [6.45, 7) is 1.75. The number of hydrogen-bond acceptors (Lipinski definition) is 7. The van der Waals surface area contributed by atoms with Gasteiger partial charge in [-0.1, -0.05) is 18.2 Å². The topological polar surface area (TPSA) is 119 Å². The fourth-order valence-electron chi connectivity index (χ4n) is 3.36. The zero-order valence-electron chi connectivity index (χ0n) is 18.7. The SMILES string of the molecule is COc1ccccc1N(C)S(=O)(=O)c1ccc(C)c(C(=O)Nc2ccc(-n3cnnn3)cc2)c1. The number of aryl methyl sites for hydroxylation is 1. The standard InChI is InChI=1S/C23H22N6O4S/c1-16-8-13-19(34(31,32)28(2)21-6-4-5-7-22(21)33-3)14-20(16)23(30)25-17-9-11-18(12-10-17)29-15-24-26-27-29/h4-15H,1-3H3,(H,25,30). The van der Waals surface area contributed by atoms with E-state index in [1.807, 2.05) is 0 Å². The number of aromatic nitrogens is 4. The van der Waals surface area contributed by atoms with Gasteiger partial charge < -0.3 is 10.1 Å². The van der Waals surface area contributed by atoms with Gasteiger partial charge in [-0.25, -0.2) is 13.1 Å². The average molecular weight is 479 g/mol. The quantitative estimate of drug-likeness (QED) is 0.433. The van der Waals surface area contributed by atoms with Crippen LogP contribution in [-0.2, 0) is 10.0 Å². The van der Waals surface area contributed by atoms with Gasteiger partial charge in [0.1, 0.15) is 12.1 Å². The maximum atomic E-state index is 13.3. The van der Waals surface area contributed by atoms with Gasteiger partial charge in [-0.3, -0.25) is 9.10 Å². The molecule has 34 heavy (non-hydrogen) atoms. The number of benzene rings is 3. The predicted molar refractivity (Wildman–Crippen MR) is 127 cm³/mol. The Hall–Kier alpha value is -4.25. The van der Waals surface area contributed by atoms with E-state index in [0.717, 1.165) is 9.99 Å². The molecular formula is C23H22N6O4S. The zero-order chi connectivity index (χ0) is 24.3. The Kier molecular flexibility index (Phi) is 6.28. The molecule has 1 N–H and O–H groups in total. The summed E-state index contributed by atoms with van der Waals surface area (Å²) in [4.78, 5) is 13.0. The van der Waals surface area contributed by atoms with Gasteiger partial charge in [0.2, 0.25) is 0 Å². The first-order valence-corrected chi connectivity index (χ1v) is 11.6. The molecule has 0 saturated carbocycles. The molecule has 0 atom stereocenters. The first-order valence-electron chi connectivity index (χ1n) is 10.2. The third kappa shape index (κ3) is 4.46. The number of carbonyl (C=O) groups excluding carboxylic acids is 1. The molecule has 0 radical (unpaired) electrons. The molecule has 1 aromatic heterocycles. The van der Waals surface area contributed by atoms with Crippen LogP contribution in [0.25, 0.3) is 5.69 Å². The molecule has 4 rings (SSSR count). The predicted octanol–water partition coefficient (Wildman–Crippen LogP) is 3.06. The van der Waals surface area contributed by atoms with E-state index >= 15 is 0 Å². The second kappa shape index (κ2) is 9.32. The molecule has 174 valence electrons. The van der Waals surface area contributed by atoms with E-state index in [4.69, 9.17) is 4.74 Å². The van der Waals surface area contributed by atoms with Crippen LogP contribution in [-0.4, -0.2) is 48.7 Å². The maximum absolute atomic E-state index is 13.3. The van der Waals surface area contributed by atoms with Crippen molar-refractivity contribution in [1.82, 2.24) is 20.2 Å². The van der Waals surface area contributed by atoms with Crippen LogP contribution in [0, 0.1) is 6.92 Å². The molecule has 11 heteroatoms. The minimum absolute atomic E-state index is 0.00862. The highest BCUT2D eigenvalue weighted by Crippen LogP contribution is 2.31. The van der Waals surface area contributed by atoms with Gasteiger partial charge in [-0.05, 0) is 71.4 Å². The van der Waals surface area contributed by atoms with E-state index in [0.29, 0.717) is 22.7 Å². The third-order valence-corrected chi connectivity index (χ3v) is 7.04. The molecule has 0 bridgehead atoms. The summed E-state index contributed by atoms with van der Waals surface area (Å²) >= 11 is 0. The van der Waals surface area contributed by atoms with Crippen LogP contribution in [0.2, 0.25) is 0 Å². The number of methoxy groups -OCH3 is 1. The molecule has 0 fully saturated rings.